The van der Waals surface area contributed by atoms with Crippen molar-refractivity contribution < 1.29 is 33.8 Å². The van der Waals surface area contributed by atoms with Crippen LogP contribution < -0.4 is 0 Å². The Morgan fingerprint density at radius 3 is 2.31 bits per heavy atom. The number of carbonyl (C=O) groups is 5. The predicted octanol–water partition coefficient (Wildman–Crippen LogP) is 5.64. The Morgan fingerprint density at radius 1 is 0.933 bits per heavy atom. The van der Waals surface area contributed by atoms with E-state index in [1.165, 1.54) is 18.2 Å². The van der Waals surface area contributed by atoms with E-state index < -0.39 is 52.9 Å². The average Bonchev–Trinajstić information content (AvgIpc) is 3.32. The first-order chi connectivity index (χ1) is 21.7. The number of fused-ring (bicyclic) bond motifs is 4. The monoisotopic (exact) mass is 621 g/mol. The normalized spacial score (nSPS) is 28.9. The molecule has 2 fully saturated rings. The third-order valence-corrected chi connectivity index (χ3v) is 10.3. The van der Waals surface area contributed by atoms with Gasteiger partial charge in [0.05, 0.1) is 24.4 Å². The Balaban J connectivity index is 1.51. The number of carbonyl (C=O) groups excluding carboxylic acids is 5. The molecule has 1 saturated carbocycles. The van der Waals surface area contributed by atoms with Gasteiger partial charge in [0, 0.05) is 28.0 Å². The number of hydrogen-bond donors (Lipinski definition) is 1. The molecule has 45 heavy (non-hydrogen) atoms. The van der Waals surface area contributed by atoms with Crippen molar-refractivity contribution in [3.05, 3.63) is 118 Å². The van der Waals surface area contributed by atoms with Crippen molar-refractivity contribution in [1.82, 2.24) is 4.90 Å². The number of aromatic hydroxyl groups is 1. The molecular weight excluding hydrogens is 594 g/mol. The number of ether oxygens (including phenoxy) is 1. The van der Waals surface area contributed by atoms with Gasteiger partial charge in [0.15, 0.2) is 11.6 Å². The lowest BCUT2D eigenvalue weighted by atomic mass is 9.44. The van der Waals surface area contributed by atoms with Crippen LogP contribution in [-0.2, 0) is 29.3 Å². The molecule has 7 rings (SSSR count). The van der Waals surface area contributed by atoms with Crippen LogP contribution in [0.3, 0.4) is 0 Å². The summed E-state index contributed by atoms with van der Waals surface area (Å²) < 4.78 is 4.76. The fourth-order valence-electron chi connectivity index (χ4n) is 8.25. The first-order valence-corrected chi connectivity index (χ1v) is 15.1. The zero-order chi connectivity index (χ0) is 31.6. The van der Waals surface area contributed by atoms with Gasteiger partial charge in [-0.05, 0) is 54.2 Å². The predicted molar refractivity (Wildman–Crippen MR) is 164 cm³/mol. The quantitative estimate of drug-likeness (QED) is 0.297. The van der Waals surface area contributed by atoms with Crippen LogP contribution in [0.2, 0.25) is 5.02 Å². The molecule has 0 unspecified atom stereocenters. The molecule has 3 aromatic rings. The summed E-state index contributed by atoms with van der Waals surface area (Å²) in [6.07, 6.45) is 2.40. The topological polar surface area (TPSA) is 118 Å². The summed E-state index contributed by atoms with van der Waals surface area (Å²) in [6, 6.07) is 22.6. The van der Waals surface area contributed by atoms with Gasteiger partial charge in [-0.2, -0.15) is 4.90 Å². The summed E-state index contributed by atoms with van der Waals surface area (Å²) >= 11 is 6.50. The van der Waals surface area contributed by atoms with E-state index in [2.05, 4.69) is 0 Å². The molecular formula is C36H28ClNO7. The fourth-order valence-corrected chi connectivity index (χ4v) is 8.43. The van der Waals surface area contributed by atoms with Crippen molar-refractivity contribution in [1.29, 1.82) is 0 Å². The summed E-state index contributed by atoms with van der Waals surface area (Å²) in [6.45, 7) is 0. The third-order valence-electron chi connectivity index (χ3n) is 10.0. The highest BCUT2D eigenvalue weighted by molar-refractivity contribution is 6.32. The second-order valence-corrected chi connectivity index (χ2v) is 12.4. The van der Waals surface area contributed by atoms with Crippen molar-refractivity contribution in [2.75, 3.05) is 7.11 Å². The SMILES string of the molecule is COC(=O)N1C(=O)[C@H]2[C@H](CC=C3[C@H]2C[C@H]2C(=O)C(c4ccccc4)=CC(=O)[C@@]2(c2ccccc2)[C@H]3c2cc(Cl)ccc2O)C1=O. The highest BCUT2D eigenvalue weighted by Crippen LogP contribution is 2.64. The van der Waals surface area contributed by atoms with E-state index in [1.54, 1.807) is 42.5 Å². The molecule has 6 atom stereocenters. The number of halogens is 1. The highest BCUT2D eigenvalue weighted by atomic mass is 35.5. The van der Waals surface area contributed by atoms with Gasteiger partial charge in [-0.3, -0.25) is 19.2 Å². The van der Waals surface area contributed by atoms with Gasteiger partial charge in [-0.1, -0.05) is 83.9 Å². The number of phenolic OH excluding ortho intramolecular Hbond substituents is 1. The minimum absolute atomic E-state index is 0.0719. The van der Waals surface area contributed by atoms with Crippen molar-refractivity contribution in [3.8, 4) is 5.75 Å². The van der Waals surface area contributed by atoms with Crippen molar-refractivity contribution in [2.24, 2.45) is 23.7 Å². The van der Waals surface area contributed by atoms with Gasteiger partial charge >= 0.3 is 6.09 Å². The molecule has 0 spiro atoms. The van der Waals surface area contributed by atoms with Crippen molar-refractivity contribution in [3.63, 3.8) is 0 Å². The minimum atomic E-state index is -1.50. The van der Waals surface area contributed by atoms with Crippen LogP contribution in [0.5, 0.6) is 5.75 Å². The Morgan fingerprint density at radius 2 is 1.62 bits per heavy atom. The third kappa shape index (κ3) is 4.08. The maximum absolute atomic E-state index is 14.9. The van der Waals surface area contributed by atoms with E-state index >= 15 is 0 Å². The van der Waals surface area contributed by atoms with Gasteiger partial charge in [0.25, 0.3) is 0 Å². The van der Waals surface area contributed by atoms with Crippen LogP contribution >= 0.6 is 11.6 Å². The van der Waals surface area contributed by atoms with E-state index in [9.17, 15) is 29.1 Å². The van der Waals surface area contributed by atoms with Crippen LogP contribution in [0, 0.1) is 23.7 Å². The summed E-state index contributed by atoms with van der Waals surface area (Å²) in [5.74, 6) is -6.42. The van der Waals surface area contributed by atoms with Gasteiger partial charge in [-0.25, -0.2) is 4.79 Å². The number of benzene rings is 3. The number of hydrogen-bond acceptors (Lipinski definition) is 7. The molecule has 1 aliphatic heterocycles. The van der Waals surface area contributed by atoms with Crippen LogP contribution in [0.1, 0.15) is 35.4 Å². The Hall–Kier alpha value is -4.82. The van der Waals surface area contributed by atoms with Gasteiger partial charge in [0.1, 0.15) is 5.75 Å². The molecule has 3 aromatic carbocycles. The number of nitrogens with zero attached hydrogens (tertiary/aromatic N) is 1. The average molecular weight is 622 g/mol. The zero-order valence-electron chi connectivity index (χ0n) is 24.2. The Bertz CT molecular complexity index is 1850. The Labute approximate surface area is 263 Å². The maximum Gasteiger partial charge on any atom is 0.423 e. The number of rotatable bonds is 3. The summed E-state index contributed by atoms with van der Waals surface area (Å²) in [5, 5.41) is 11.7. The van der Waals surface area contributed by atoms with Crippen molar-refractivity contribution in [2.45, 2.75) is 24.2 Å². The van der Waals surface area contributed by atoms with E-state index in [0.29, 0.717) is 32.2 Å². The molecule has 3 aliphatic carbocycles. The summed E-state index contributed by atoms with van der Waals surface area (Å²) in [7, 11) is 1.10. The highest BCUT2D eigenvalue weighted by Gasteiger charge is 2.66. The summed E-state index contributed by atoms with van der Waals surface area (Å²) in [5.41, 5.74) is 0.932. The number of methoxy groups -OCH3 is 1. The lowest BCUT2D eigenvalue weighted by molar-refractivity contribution is -0.138. The molecule has 226 valence electrons. The molecule has 8 nitrogen and oxygen atoms in total. The fraction of sp³-hybridized carbons (Fsp3) is 0.250. The summed E-state index contributed by atoms with van der Waals surface area (Å²) in [4.78, 5) is 70.0. The number of phenols is 1. The number of Topliss-reactive ketones (excluding diaryl/α,β-unsaturated/α-hetero) is 1. The number of allylic oxidation sites excluding steroid dienone is 4. The van der Waals surface area contributed by atoms with E-state index in [1.807, 2.05) is 30.3 Å². The zero-order valence-corrected chi connectivity index (χ0v) is 24.9. The Kier molecular flexibility index (Phi) is 6.85. The first-order valence-electron chi connectivity index (χ1n) is 14.8. The van der Waals surface area contributed by atoms with E-state index in [0.717, 1.165) is 7.11 Å². The molecule has 9 heteroatoms. The molecule has 3 amide bonds. The van der Waals surface area contributed by atoms with E-state index in [-0.39, 0.29) is 35.7 Å². The van der Waals surface area contributed by atoms with Crippen LogP contribution in [0.25, 0.3) is 5.57 Å². The second-order valence-electron chi connectivity index (χ2n) is 12.0. The van der Waals surface area contributed by atoms with Crippen LogP contribution in [0.4, 0.5) is 4.79 Å². The number of imide groups is 3. The first kappa shape index (κ1) is 28.9. The standard InChI is InChI=1S/C36H28ClNO7/c1-45-35(44)38-33(42)23-14-13-22-25(30(23)34(38)43)17-27-32(41)24(19-8-4-2-5-9-19)18-29(40)36(27,20-10-6-3-7-11-20)31(22)26-16-21(37)12-15-28(26)39/h2-13,15-16,18,23,25,27,30-31,39H,14,17H2,1H3/t23-,25+,27-,30-,31+,36-/m0/s1. The van der Waals surface area contributed by atoms with Crippen LogP contribution in [-0.4, -0.2) is 46.6 Å². The van der Waals surface area contributed by atoms with Gasteiger partial charge < -0.3 is 9.84 Å². The number of ketones is 2. The largest absolute Gasteiger partial charge is 0.508 e. The molecule has 4 aliphatic rings. The number of likely N-dealkylation sites (tertiary alicyclic amines) is 1. The molecule has 1 heterocycles. The second kappa shape index (κ2) is 10.7. The smallest absolute Gasteiger partial charge is 0.423 e. The number of amides is 3. The van der Waals surface area contributed by atoms with Gasteiger partial charge in [-0.15, -0.1) is 0 Å². The molecule has 1 saturated heterocycles. The lowest BCUT2D eigenvalue weighted by Crippen LogP contribution is -2.58. The molecule has 0 aromatic heterocycles. The molecule has 0 radical (unpaired) electrons. The molecule has 0 bridgehead atoms. The lowest BCUT2D eigenvalue weighted by Gasteiger charge is -2.55. The minimum Gasteiger partial charge on any atom is -0.508 e. The van der Waals surface area contributed by atoms with Gasteiger partial charge in [0.2, 0.25) is 11.8 Å². The van der Waals surface area contributed by atoms with Crippen molar-refractivity contribution >= 4 is 46.6 Å². The van der Waals surface area contributed by atoms with Crippen LogP contribution in [0.15, 0.2) is 96.6 Å². The van der Waals surface area contributed by atoms with E-state index in [4.69, 9.17) is 16.3 Å². The maximum atomic E-state index is 14.9. The molecule has 1 N–H and O–H groups in total.